The Morgan fingerprint density at radius 2 is 1.82 bits per heavy atom. The number of benzene rings is 3. The maximum atomic E-state index is 6.04. The van der Waals surface area contributed by atoms with Gasteiger partial charge in [-0.05, 0) is 60.9 Å². The predicted octanol–water partition coefficient (Wildman–Crippen LogP) is 6.13. The summed E-state index contributed by atoms with van der Waals surface area (Å²) >= 11 is 1.70. The third kappa shape index (κ3) is 2.59. The highest BCUT2D eigenvalue weighted by Crippen LogP contribution is 2.34. The molecule has 3 heterocycles. The molecule has 0 saturated heterocycles. The average molecular weight is 383 g/mol. The van der Waals surface area contributed by atoms with E-state index in [0.29, 0.717) is 5.89 Å². The minimum absolute atomic E-state index is 0.659. The van der Waals surface area contributed by atoms with Crippen LogP contribution in [0.2, 0.25) is 0 Å². The molecule has 0 spiro atoms. The standard InChI is InChI=1S/C23H17N3OS/c1-2-6-21-17(5-1)26-23(28-21)16-9-10-20-19(13-16)25-22(27-20)15-8-7-14-4-3-11-24-18(14)12-15/h1-2,5-10,12-13,24H,3-4,11H2. The van der Waals surface area contributed by atoms with Gasteiger partial charge in [0.05, 0.1) is 10.2 Å². The van der Waals surface area contributed by atoms with E-state index in [-0.39, 0.29) is 0 Å². The first-order valence-electron chi connectivity index (χ1n) is 9.47. The second-order valence-corrected chi connectivity index (χ2v) is 8.12. The van der Waals surface area contributed by atoms with E-state index in [0.717, 1.165) is 45.7 Å². The summed E-state index contributed by atoms with van der Waals surface area (Å²) in [5, 5.41) is 4.48. The highest BCUT2D eigenvalue weighted by molar-refractivity contribution is 7.21. The van der Waals surface area contributed by atoms with Crippen LogP contribution < -0.4 is 5.32 Å². The Morgan fingerprint density at radius 1 is 0.893 bits per heavy atom. The largest absolute Gasteiger partial charge is 0.436 e. The zero-order valence-corrected chi connectivity index (χ0v) is 15.9. The Labute approximate surface area is 165 Å². The Hall–Kier alpha value is -3.18. The molecule has 1 N–H and O–H groups in total. The molecule has 0 bridgehead atoms. The van der Waals surface area contributed by atoms with Crippen molar-refractivity contribution in [1.82, 2.24) is 9.97 Å². The average Bonchev–Trinajstić information content (AvgIpc) is 3.37. The van der Waals surface area contributed by atoms with Gasteiger partial charge in [0.2, 0.25) is 5.89 Å². The molecule has 5 aromatic rings. The summed E-state index contributed by atoms with van der Waals surface area (Å²) < 4.78 is 7.23. The third-order valence-electron chi connectivity index (χ3n) is 5.22. The highest BCUT2D eigenvalue weighted by atomic mass is 32.1. The van der Waals surface area contributed by atoms with E-state index in [1.807, 2.05) is 24.3 Å². The van der Waals surface area contributed by atoms with E-state index in [1.165, 1.54) is 22.4 Å². The van der Waals surface area contributed by atoms with Gasteiger partial charge in [-0.3, -0.25) is 0 Å². The molecule has 0 aliphatic carbocycles. The van der Waals surface area contributed by atoms with Gasteiger partial charge in [-0.25, -0.2) is 9.97 Å². The number of hydrogen-bond donors (Lipinski definition) is 1. The number of aryl methyl sites for hydroxylation is 1. The maximum Gasteiger partial charge on any atom is 0.227 e. The molecule has 1 aliphatic rings. The number of aromatic nitrogens is 2. The number of anilines is 1. The second kappa shape index (κ2) is 6.17. The molecule has 4 nitrogen and oxygen atoms in total. The van der Waals surface area contributed by atoms with Crippen LogP contribution in [0.4, 0.5) is 5.69 Å². The van der Waals surface area contributed by atoms with Crippen LogP contribution in [0, 0.1) is 0 Å². The Balaban J connectivity index is 1.41. The monoisotopic (exact) mass is 383 g/mol. The fraction of sp³-hybridized carbons (Fsp3) is 0.130. The molecule has 1 aliphatic heterocycles. The molecular weight excluding hydrogens is 366 g/mol. The van der Waals surface area contributed by atoms with Gasteiger partial charge in [-0.1, -0.05) is 18.2 Å². The summed E-state index contributed by atoms with van der Waals surface area (Å²) in [6, 6.07) is 20.8. The van der Waals surface area contributed by atoms with Gasteiger partial charge >= 0.3 is 0 Å². The molecule has 136 valence electrons. The van der Waals surface area contributed by atoms with Crippen LogP contribution in [0.1, 0.15) is 12.0 Å². The van der Waals surface area contributed by atoms with Crippen molar-refractivity contribution in [3.63, 3.8) is 0 Å². The third-order valence-corrected chi connectivity index (χ3v) is 6.31. The van der Waals surface area contributed by atoms with E-state index >= 15 is 0 Å². The maximum absolute atomic E-state index is 6.04. The van der Waals surface area contributed by atoms with Crippen molar-refractivity contribution in [2.75, 3.05) is 11.9 Å². The molecular formula is C23H17N3OS. The van der Waals surface area contributed by atoms with Crippen LogP contribution in [0.5, 0.6) is 0 Å². The van der Waals surface area contributed by atoms with Gasteiger partial charge < -0.3 is 9.73 Å². The zero-order chi connectivity index (χ0) is 18.5. The van der Waals surface area contributed by atoms with Crippen molar-refractivity contribution in [3.05, 3.63) is 66.2 Å². The van der Waals surface area contributed by atoms with E-state index in [2.05, 4.69) is 41.7 Å². The number of oxazole rings is 1. The molecule has 5 heteroatoms. The van der Waals surface area contributed by atoms with Crippen LogP contribution in [-0.4, -0.2) is 16.5 Å². The SMILES string of the molecule is c1ccc2sc(-c3ccc4oc(-c5ccc6c(c5)NCCC6)nc4c3)nc2c1. The number of nitrogens with zero attached hydrogens (tertiary/aromatic N) is 2. The highest BCUT2D eigenvalue weighted by Gasteiger charge is 2.14. The lowest BCUT2D eigenvalue weighted by molar-refractivity contribution is 0.620. The second-order valence-electron chi connectivity index (χ2n) is 7.09. The van der Waals surface area contributed by atoms with Gasteiger partial charge in [-0.2, -0.15) is 0 Å². The molecule has 0 fully saturated rings. The van der Waals surface area contributed by atoms with Crippen molar-refractivity contribution in [3.8, 4) is 22.0 Å². The molecule has 2 aromatic heterocycles. The number of para-hydroxylation sites is 1. The molecule has 0 saturated carbocycles. The fourth-order valence-electron chi connectivity index (χ4n) is 3.77. The molecule has 0 unspecified atom stereocenters. The minimum Gasteiger partial charge on any atom is -0.436 e. The van der Waals surface area contributed by atoms with Gasteiger partial charge in [0.25, 0.3) is 0 Å². The lowest BCUT2D eigenvalue weighted by Crippen LogP contribution is -2.11. The number of hydrogen-bond acceptors (Lipinski definition) is 5. The van der Waals surface area contributed by atoms with E-state index in [4.69, 9.17) is 14.4 Å². The quantitative estimate of drug-likeness (QED) is 0.398. The van der Waals surface area contributed by atoms with Crippen molar-refractivity contribution >= 4 is 38.3 Å². The van der Waals surface area contributed by atoms with Gasteiger partial charge in [0.15, 0.2) is 5.58 Å². The Kier molecular flexibility index (Phi) is 3.49. The summed E-state index contributed by atoms with van der Waals surface area (Å²) in [6.07, 6.45) is 2.31. The van der Waals surface area contributed by atoms with Crippen LogP contribution >= 0.6 is 11.3 Å². The Morgan fingerprint density at radius 3 is 2.79 bits per heavy atom. The van der Waals surface area contributed by atoms with E-state index in [9.17, 15) is 0 Å². The van der Waals surface area contributed by atoms with Gasteiger partial charge in [0.1, 0.15) is 10.5 Å². The predicted molar refractivity (Wildman–Crippen MR) is 115 cm³/mol. The van der Waals surface area contributed by atoms with Crippen LogP contribution in [-0.2, 0) is 6.42 Å². The zero-order valence-electron chi connectivity index (χ0n) is 15.1. The van der Waals surface area contributed by atoms with Crippen molar-refractivity contribution in [1.29, 1.82) is 0 Å². The summed E-state index contributed by atoms with van der Waals surface area (Å²) in [7, 11) is 0. The number of nitrogens with one attached hydrogen (secondary N) is 1. The smallest absolute Gasteiger partial charge is 0.227 e. The first-order chi connectivity index (χ1) is 13.8. The van der Waals surface area contributed by atoms with Crippen LogP contribution in [0.3, 0.4) is 0 Å². The van der Waals surface area contributed by atoms with Crippen molar-refractivity contribution < 1.29 is 4.42 Å². The minimum atomic E-state index is 0.659. The molecule has 3 aromatic carbocycles. The molecule has 0 atom stereocenters. The molecule has 6 rings (SSSR count). The topological polar surface area (TPSA) is 51.0 Å². The molecule has 0 radical (unpaired) electrons. The van der Waals surface area contributed by atoms with Crippen molar-refractivity contribution in [2.24, 2.45) is 0 Å². The van der Waals surface area contributed by atoms with Gasteiger partial charge in [0, 0.05) is 23.4 Å². The summed E-state index contributed by atoms with van der Waals surface area (Å²) in [6.45, 7) is 1.02. The summed E-state index contributed by atoms with van der Waals surface area (Å²) in [5.74, 6) is 0.659. The van der Waals surface area contributed by atoms with Crippen LogP contribution in [0.25, 0.3) is 43.3 Å². The lowest BCUT2D eigenvalue weighted by Gasteiger charge is -2.18. The number of thiazole rings is 1. The number of rotatable bonds is 2. The Bertz CT molecular complexity index is 1300. The molecule has 0 amide bonds. The van der Waals surface area contributed by atoms with E-state index in [1.54, 1.807) is 11.3 Å². The van der Waals surface area contributed by atoms with E-state index < -0.39 is 0 Å². The lowest BCUT2D eigenvalue weighted by atomic mass is 10.0. The normalized spacial score (nSPS) is 13.6. The molecule has 28 heavy (non-hydrogen) atoms. The number of fused-ring (bicyclic) bond motifs is 3. The first-order valence-corrected chi connectivity index (χ1v) is 10.3. The fourth-order valence-corrected chi connectivity index (χ4v) is 4.74. The van der Waals surface area contributed by atoms with Gasteiger partial charge in [-0.15, -0.1) is 11.3 Å². The first kappa shape index (κ1) is 15.8. The summed E-state index contributed by atoms with van der Waals surface area (Å²) in [5.41, 5.74) is 7.32. The summed E-state index contributed by atoms with van der Waals surface area (Å²) in [4.78, 5) is 9.51. The van der Waals surface area contributed by atoms with Crippen LogP contribution in [0.15, 0.2) is 65.1 Å². The van der Waals surface area contributed by atoms with Crippen molar-refractivity contribution in [2.45, 2.75) is 12.8 Å².